The molecule has 2 aliphatic rings. The lowest BCUT2D eigenvalue weighted by Crippen LogP contribution is -2.52. The average molecular weight is 270 g/mol. The number of carbonyl (C=O) groups excluding carboxylic acids is 1. The predicted octanol–water partition coefficient (Wildman–Crippen LogP) is 0.518. The molecular formula is C14H26N2O3. The second-order valence-corrected chi connectivity index (χ2v) is 5.64. The molecule has 2 rings (SSSR count). The van der Waals surface area contributed by atoms with E-state index in [1.165, 1.54) is 25.7 Å². The molecule has 1 amide bonds. The summed E-state index contributed by atoms with van der Waals surface area (Å²) in [6.45, 7) is 2.32. The fraction of sp³-hybridized carbons (Fsp3) is 0.929. The first kappa shape index (κ1) is 14.8. The SMILES string of the molecule is O=C(CN1CCOCC1CO)NC1CCCCCC1. The van der Waals surface area contributed by atoms with Crippen LogP contribution in [0.25, 0.3) is 0 Å². The Kier molecular flexibility index (Phi) is 6.07. The van der Waals surface area contributed by atoms with Gasteiger partial charge in [-0.1, -0.05) is 25.7 Å². The van der Waals surface area contributed by atoms with Gasteiger partial charge in [0.2, 0.25) is 5.91 Å². The van der Waals surface area contributed by atoms with E-state index in [1.54, 1.807) is 0 Å². The summed E-state index contributed by atoms with van der Waals surface area (Å²) < 4.78 is 5.32. The lowest BCUT2D eigenvalue weighted by atomic mass is 10.1. The van der Waals surface area contributed by atoms with Crippen LogP contribution in [0.15, 0.2) is 0 Å². The van der Waals surface area contributed by atoms with Gasteiger partial charge >= 0.3 is 0 Å². The van der Waals surface area contributed by atoms with E-state index in [0.29, 0.717) is 25.8 Å². The lowest BCUT2D eigenvalue weighted by Gasteiger charge is -2.34. The molecule has 1 saturated carbocycles. The maximum Gasteiger partial charge on any atom is 0.234 e. The van der Waals surface area contributed by atoms with Gasteiger partial charge in [0.15, 0.2) is 0 Å². The minimum absolute atomic E-state index is 0.0337. The van der Waals surface area contributed by atoms with Crippen LogP contribution < -0.4 is 5.32 Å². The molecule has 0 aromatic carbocycles. The summed E-state index contributed by atoms with van der Waals surface area (Å²) in [5.41, 5.74) is 0. The first-order chi connectivity index (χ1) is 9.29. The Morgan fingerprint density at radius 2 is 2.00 bits per heavy atom. The van der Waals surface area contributed by atoms with Crippen molar-refractivity contribution in [3.8, 4) is 0 Å². The second-order valence-electron chi connectivity index (χ2n) is 5.64. The van der Waals surface area contributed by atoms with E-state index in [-0.39, 0.29) is 18.6 Å². The van der Waals surface area contributed by atoms with E-state index < -0.39 is 0 Å². The molecular weight excluding hydrogens is 244 g/mol. The average Bonchev–Trinajstić information content (AvgIpc) is 2.68. The number of carbonyl (C=O) groups is 1. The number of hydrogen-bond donors (Lipinski definition) is 2. The van der Waals surface area contributed by atoms with Gasteiger partial charge in [0.25, 0.3) is 0 Å². The first-order valence-corrected chi connectivity index (χ1v) is 7.51. The molecule has 1 aliphatic carbocycles. The van der Waals surface area contributed by atoms with Crippen molar-refractivity contribution in [1.82, 2.24) is 10.2 Å². The Morgan fingerprint density at radius 1 is 1.26 bits per heavy atom. The van der Waals surface area contributed by atoms with E-state index in [1.807, 2.05) is 4.90 Å². The molecule has 1 aliphatic heterocycles. The molecule has 1 saturated heterocycles. The van der Waals surface area contributed by atoms with Crippen molar-refractivity contribution < 1.29 is 14.6 Å². The number of nitrogens with zero attached hydrogens (tertiary/aromatic N) is 1. The predicted molar refractivity (Wildman–Crippen MR) is 72.9 cm³/mol. The molecule has 5 heteroatoms. The quantitative estimate of drug-likeness (QED) is 0.731. The van der Waals surface area contributed by atoms with E-state index in [4.69, 9.17) is 4.74 Å². The van der Waals surface area contributed by atoms with Crippen molar-refractivity contribution in [3.05, 3.63) is 0 Å². The number of aliphatic hydroxyl groups excluding tert-OH is 1. The van der Waals surface area contributed by atoms with Gasteiger partial charge in [0, 0.05) is 12.6 Å². The minimum atomic E-state index is -0.0337. The van der Waals surface area contributed by atoms with Crippen molar-refractivity contribution in [1.29, 1.82) is 0 Å². The van der Waals surface area contributed by atoms with Gasteiger partial charge in [-0.3, -0.25) is 9.69 Å². The number of morpholine rings is 1. The highest BCUT2D eigenvalue weighted by Crippen LogP contribution is 2.17. The fourth-order valence-corrected chi connectivity index (χ4v) is 2.95. The third-order valence-corrected chi connectivity index (χ3v) is 4.13. The number of rotatable bonds is 4. The van der Waals surface area contributed by atoms with Crippen LogP contribution in [0.2, 0.25) is 0 Å². The molecule has 1 atom stereocenters. The van der Waals surface area contributed by atoms with Crippen LogP contribution in [-0.4, -0.2) is 60.9 Å². The minimum Gasteiger partial charge on any atom is -0.395 e. The van der Waals surface area contributed by atoms with Gasteiger partial charge in [0.05, 0.1) is 32.4 Å². The van der Waals surface area contributed by atoms with Crippen LogP contribution in [0.3, 0.4) is 0 Å². The van der Waals surface area contributed by atoms with Gasteiger partial charge in [-0.15, -0.1) is 0 Å². The Balaban J connectivity index is 1.75. The van der Waals surface area contributed by atoms with E-state index in [0.717, 1.165) is 19.4 Å². The maximum atomic E-state index is 12.1. The summed E-state index contributed by atoms with van der Waals surface area (Å²) >= 11 is 0. The summed E-state index contributed by atoms with van der Waals surface area (Å²) in [6, 6.07) is 0.317. The van der Waals surface area contributed by atoms with Crippen LogP contribution >= 0.6 is 0 Å². The van der Waals surface area contributed by atoms with Gasteiger partial charge in [-0.05, 0) is 12.8 Å². The highest BCUT2D eigenvalue weighted by molar-refractivity contribution is 5.78. The Morgan fingerprint density at radius 3 is 2.68 bits per heavy atom. The highest BCUT2D eigenvalue weighted by atomic mass is 16.5. The van der Waals surface area contributed by atoms with Crippen LogP contribution in [0.5, 0.6) is 0 Å². The van der Waals surface area contributed by atoms with Crippen molar-refractivity contribution in [2.75, 3.05) is 32.9 Å². The summed E-state index contributed by atoms with van der Waals surface area (Å²) in [5.74, 6) is 0.0900. The molecule has 2 fully saturated rings. The first-order valence-electron chi connectivity index (χ1n) is 7.51. The molecule has 0 bridgehead atoms. The molecule has 1 heterocycles. The van der Waals surface area contributed by atoms with Crippen molar-refractivity contribution in [2.45, 2.75) is 50.6 Å². The van der Waals surface area contributed by atoms with Crippen LogP contribution in [-0.2, 0) is 9.53 Å². The van der Waals surface area contributed by atoms with Crippen LogP contribution in [0.4, 0.5) is 0 Å². The lowest BCUT2D eigenvalue weighted by molar-refractivity contribution is -0.126. The fourth-order valence-electron chi connectivity index (χ4n) is 2.95. The van der Waals surface area contributed by atoms with E-state index >= 15 is 0 Å². The van der Waals surface area contributed by atoms with Gasteiger partial charge in [-0.2, -0.15) is 0 Å². The van der Waals surface area contributed by atoms with Gasteiger partial charge in [-0.25, -0.2) is 0 Å². The number of nitrogens with one attached hydrogen (secondary N) is 1. The zero-order valence-corrected chi connectivity index (χ0v) is 11.6. The number of ether oxygens (including phenoxy) is 1. The molecule has 0 aromatic rings. The number of aliphatic hydroxyl groups is 1. The van der Waals surface area contributed by atoms with E-state index in [9.17, 15) is 9.90 Å². The molecule has 0 aromatic heterocycles. The zero-order chi connectivity index (χ0) is 13.5. The highest BCUT2D eigenvalue weighted by Gasteiger charge is 2.25. The van der Waals surface area contributed by atoms with Crippen molar-refractivity contribution >= 4 is 5.91 Å². The summed E-state index contributed by atoms with van der Waals surface area (Å²) in [5, 5.41) is 12.4. The molecule has 0 radical (unpaired) electrons. The van der Waals surface area contributed by atoms with Crippen molar-refractivity contribution in [2.24, 2.45) is 0 Å². The Hall–Kier alpha value is -0.650. The standard InChI is InChI=1S/C14H26N2O3/c17-10-13-11-19-8-7-16(13)9-14(18)15-12-5-3-1-2-4-6-12/h12-13,17H,1-11H2,(H,15,18). The van der Waals surface area contributed by atoms with Crippen molar-refractivity contribution in [3.63, 3.8) is 0 Å². The smallest absolute Gasteiger partial charge is 0.234 e. The summed E-state index contributed by atoms with van der Waals surface area (Å²) in [4.78, 5) is 14.1. The third kappa shape index (κ3) is 4.75. The van der Waals surface area contributed by atoms with Gasteiger partial charge < -0.3 is 15.2 Å². The normalized spacial score (nSPS) is 26.9. The molecule has 2 N–H and O–H groups in total. The van der Waals surface area contributed by atoms with Gasteiger partial charge in [0.1, 0.15) is 0 Å². The molecule has 19 heavy (non-hydrogen) atoms. The molecule has 5 nitrogen and oxygen atoms in total. The summed E-state index contributed by atoms with van der Waals surface area (Å²) in [6.07, 6.45) is 7.25. The third-order valence-electron chi connectivity index (χ3n) is 4.13. The van der Waals surface area contributed by atoms with E-state index in [2.05, 4.69) is 5.32 Å². The summed E-state index contributed by atoms with van der Waals surface area (Å²) in [7, 11) is 0. The number of hydrogen-bond acceptors (Lipinski definition) is 4. The Bertz CT molecular complexity index is 278. The topological polar surface area (TPSA) is 61.8 Å². The van der Waals surface area contributed by atoms with Crippen LogP contribution in [0.1, 0.15) is 38.5 Å². The maximum absolute atomic E-state index is 12.1. The zero-order valence-electron chi connectivity index (χ0n) is 11.6. The molecule has 110 valence electrons. The van der Waals surface area contributed by atoms with Crippen LogP contribution in [0, 0.1) is 0 Å². The largest absolute Gasteiger partial charge is 0.395 e. The monoisotopic (exact) mass is 270 g/mol. The number of amides is 1. The second kappa shape index (κ2) is 7.82. The molecule has 0 spiro atoms. The Labute approximate surface area is 115 Å². The molecule has 1 unspecified atom stereocenters.